The summed E-state index contributed by atoms with van der Waals surface area (Å²) in [5.41, 5.74) is 4.68. The van der Waals surface area contributed by atoms with Crippen molar-refractivity contribution >= 4 is 28.1 Å². The van der Waals surface area contributed by atoms with E-state index in [1.165, 1.54) is 22.2 Å². The van der Waals surface area contributed by atoms with Crippen molar-refractivity contribution in [1.29, 1.82) is 0 Å². The van der Waals surface area contributed by atoms with E-state index in [0.717, 1.165) is 43.0 Å². The molecule has 0 radical (unpaired) electrons. The van der Waals surface area contributed by atoms with Gasteiger partial charge in [-0.2, -0.15) is 0 Å². The number of rotatable bonds is 3. The molecule has 4 rings (SSSR count). The van der Waals surface area contributed by atoms with Crippen LogP contribution < -0.4 is 4.87 Å². The number of hydrogen-bond acceptors (Lipinski definition) is 3. The van der Waals surface area contributed by atoms with Crippen LogP contribution in [-0.4, -0.2) is 33.4 Å². The molecule has 1 aliphatic heterocycles. The van der Waals surface area contributed by atoms with Crippen molar-refractivity contribution in [3.05, 3.63) is 56.3 Å². The molecule has 136 valence electrons. The molecule has 0 atom stereocenters. The number of aromatic amines is 1. The number of thiazole rings is 1. The molecule has 0 saturated carbocycles. The van der Waals surface area contributed by atoms with Crippen molar-refractivity contribution < 1.29 is 4.79 Å². The third-order valence-electron chi connectivity index (χ3n) is 5.47. The van der Waals surface area contributed by atoms with Crippen LogP contribution in [-0.2, 0) is 11.3 Å². The molecule has 1 fully saturated rings. The fraction of sp³-hybridized carbons (Fsp3) is 0.400. The lowest BCUT2D eigenvalue weighted by Crippen LogP contribution is -2.40. The molecule has 5 nitrogen and oxygen atoms in total. The summed E-state index contributed by atoms with van der Waals surface area (Å²) in [4.78, 5) is 29.8. The normalized spacial score (nSPS) is 15.7. The predicted octanol–water partition coefficient (Wildman–Crippen LogP) is 3.41. The Morgan fingerprint density at radius 1 is 1.23 bits per heavy atom. The summed E-state index contributed by atoms with van der Waals surface area (Å²) in [6, 6.07) is 8.43. The lowest BCUT2D eigenvalue weighted by molar-refractivity contribution is -0.132. The Kier molecular flexibility index (Phi) is 4.44. The second-order valence-electron chi connectivity index (χ2n) is 7.09. The molecule has 1 aliphatic rings. The average Bonchev–Trinajstić information content (AvgIpc) is 3.14. The van der Waals surface area contributed by atoms with Crippen molar-refractivity contribution in [1.82, 2.24) is 14.5 Å². The van der Waals surface area contributed by atoms with Crippen LogP contribution in [0.5, 0.6) is 0 Å². The highest BCUT2D eigenvalue weighted by molar-refractivity contribution is 7.07. The van der Waals surface area contributed by atoms with Crippen LogP contribution in [0.3, 0.4) is 0 Å². The highest BCUT2D eigenvalue weighted by Gasteiger charge is 2.27. The van der Waals surface area contributed by atoms with Crippen LogP contribution >= 0.6 is 11.3 Å². The number of benzene rings is 1. The van der Waals surface area contributed by atoms with Gasteiger partial charge in [-0.1, -0.05) is 29.5 Å². The summed E-state index contributed by atoms with van der Waals surface area (Å²) in [5, 5.41) is 3.11. The number of nitrogens with one attached hydrogen (secondary N) is 1. The maximum absolute atomic E-state index is 12.6. The van der Waals surface area contributed by atoms with Gasteiger partial charge in [-0.25, -0.2) is 0 Å². The van der Waals surface area contributed by atoms with Crippen molar-refractivity contribution in [3.63, 3.8) is 0 Å². The van der Waals surface area contributed by atoms with Gasteiger partial charge in [0.1, 0.15) is 6.54 Å². The maximum Gasteiger partial charge on any atom is 0.307 e. The fourth-order valence-electron chi connectivity index (χ4n) is 4.07. The topological polar surface area (TPSA) is 58.1 Å². The number of H-pyrrole nitrogens is 1. The molecule has 1 saturated heterocycles. The average molecular weight is 369 g/mol. The van der Waals surface area contributed by atoms with E-state index in [-0.39, 0.29) is 17.3 Å². The largest absolute Gasteiger partial charge is 0.358 e. The van der Waals surface area contributed by atoms with Gasteiger partial charge in [0.15, 0.2) is 0 Å². The molecule has 3 aromatic rings. The first kappa shape index (κ1) is 17.1. The Morgan fingerprint density at radius 3 is 2.65 bits per heavy atom. The lowest BCUT2D eigenvalue weighted by atomic mass is 9.87. The van der Waals surface area contributed by atoms with Crippen LogP contribution in [0.2, 0.25) is 0 Å². The second kappa shape index (κ2) is 6.76. The van der Waals surface area contributed by atoms with Crippen molar-refractivity contribution in [2.75, 3.05) is 13.1 Å². The van der Waals surface area contributed by atoms with Gasteiger partial charge in [0.25, 0.3) is 0 Å². The molecule has 0 unspecified atom stereocenters. The highest BCUT2D eigenvalue weighted by Crippen LogP contribution is 2.35. The molecule has 0 aliphatic carbocycles. The Hall–Kier alpha value is -2.34. The van der Waals surface area contributed by atoms with Crippen LogP contribution in [0.4, 0.5) is 0 Å². The van der Waals surface area contributed by atoms with Crippen LogP contribution in [0.15, 0.2) is 34.4 Å². The van der Waals surface area contributed by atoms with Crippen LogP contribution in [0, 0.1) is 13.8 Å². The number of piperidine rings is 1. The Bertz CT molecular complexity index is 1010. The first-order chi connectivity index (χ1) is 12.5. The molecular formula is C20H23N3O2S. The zero-order valence-electron chi connectivity index (χ0n) is 15.1. The molecule has 6 heteroatoms. The molecule has 1 amide bonds. The van der Waals surface area contributed by atoms with Crippen LogP contribution in [0.25, 0.3) is 10.9 Å². The molecule has 0 bridgehead atoms. The number of aromatic nitrogens is 2. The van der Waals surface area contributed by atoms with Gasteiger partial charge in [-0.05, 0) is 44.2 Å². The molecule has 0 spiro atoms. The van der Waals surface area contributed by atoms with Gasteiger partial charge in [0, 0.05) is 40.8 Å². The van der Waals surface area contributed by atoms with Crippen molar-refractivity contribution in [2.24, 2.45) is 0 Å². The number of likely N-dealkylation sites (tertiary alicyclic amines) is 1. The zero-order valence-corrected chi connectivity index (χ0v) is 15.9. The smallest absolute Gasteiger partial charge is 0.307 e. The number of nitrogens with zero attached hydrogens (tertiary/aromatic N) is 2. The highest BCUT2D eigenvalue weighted by atomic mass is 32.1. The van der Waals surface area contributed by atoms with Gasteiger partial charge in [-0.3, -0.25) is 14.2 Å². The summed E-state index contributed by atoms with van der Waals surface area (Å²) in [6.07, 6.45) is 1.93. The summed E-state index contributed by atoms with van der Waals surface area (Å²) < 4.78 is 1.57. The molecular weight excluding hydrogens is 346 g/mol. The number of carbonyl (C=O) groups is 1. The Labute approximate surface area is 156 Å². The van der Waals surface area contributed by atoms with Gasteiger partial charge in [0.2, 0.25) is 5.91 Å². The molecule has 1 N–H and O–H groups in total. The molecule has 26 heavy (non-hydrogen) atoms. The van der Waals surface area contributed by atoms with E-state index in [2.05, 4.69) is 36.2 Å². The van der Waals surface area contributed by atoms with E-state index in [1.807, 2.05) is 17.2 Å². The van der Waals surface area contributed by atoms with E-state index in [1.54, 1.807) is 4.57 Å². The third-order valence-corrected chi connectivity index (χ3v) is 6.35. The van der Waals surface area contributed by atoms with Crippen molar-refractivity contribution in [3.8, 4) is 0 Å². The number of amides is 1. The quantitative estimate of drug-likeness (QED) is 0.769. The number of fused-ring (bicyclic) bond motifs is 1. The minimum absolute atomic E-state index is 0.0442. The summed E-state index contributed by atoms with van der Waals surface area (Å²) in [5.74, 6) is 0.517. The van der Waals surface area contributed by atoms with Crippen molar-refractivity contribution in [2.45, 2.75) is 39.2 Å². The molecule has 2 aromatic heterocycles. The Morgan fingerprint density at radius 2 is 1.96 bits per heavy atom. The third kappa shape index (κ3) is 2.98. The predicted molar refractivity (Wildman–Crippen MR) is 105 cm³/mol. The SMILES string of the molecule is Cc1[nH]c2ccccc2c1C1CCN(C(=O)Cn2c(C)csc2=O)CC1. The first-order valence-electron chi connectivity index (χ1n) is 9.04. The van der Waals surface area contributed by atoms with E-state index in [4.69, 9.17) is 0 Å². The standard InChI is InChI=1S/C20H23N3O2S/c1-13-12-26-20(25)23(13)11-18(24)22-9-7-15(8-10-22)19-14(2)21-17-6-4-3-5-16(17)19/h3-6,12,15,21H,7-11H2,1-2H3. The van der Waals surface area contributed by atoms with Gasteiger partial charge >= 0.3 is 4.87 Å². The van der Waals surface area contributed by atoms with E-state index in [0.29, 0.717) is 5.92 Å². The van der Waals surface area contributed by atoms with Gasteiger partial charge < -0.3 is 9.88 Å². The second-order valence-corrected chi connectivity index (χ2v) is 7.91. The first-order valence-corrected chi connectivity index (χ1v) is 9.92. The van der Waals surface area contributed by atoms with E-state index < -0.39 is 0 Å². The van der Waals surface area contributed by atoms with E-state index in [9.17, 15) is 9.59 Å². The molecule has 3 heterocycles. The summed E-state index contributed by atoms with van der Waals surface area (Å²) >= 11 is 1.15. The number of carbonyl (C=O) groups excluding carboxylic acids is 1. The monoisotopic (exact) mass is 369 g/mol. The lowest BCUT2D eigenvalue weighted by Gasteiger charge is -2.32. The molecule has 1 aromatic carbocycles. The van der Waals surface area contributed by atoms with Gasteiger partial charge in [0.05, 0.1) is 0 Å². The maximum atomic E-state index is 12.6. The number of aryl methyl sites for hydroxylation is 2. The number of hydrogen-bond donors (Lipinski definition) is 1. The van der Waals surface area contributed by atoms with Crippen LogP contribution in [0.1, 0.15) is 35.7 Å². The van der Waals surface area contributed by atoms with E-state index >= 15 is 0 Å². The fourth-order valence-corrected chi connectivity index (χ4v) is 4.81. The van der Waals surface area contributed by atoms with Gasteiger partial charge in [-0.15, -0.1) is 0 Å². The minimum Gasteiger partial charge on any atom is -0.358 e. The minimum atomic E-state index is -0.0554. The summed E-state index contributed by atoms with van der Waals surface area (Å²) in [7, 11) is 0. The summed E-state index contributed by atoms with van der Waals surface area (Å²) in [6.45, 7) is 5.67. The zero-order chi connectivity index (χ0) is 18.3. The Balaban J connectivity index is 1.46. The number of para-hydroxylation sites is 1.